The Kier molecular flexibility index (Phi) is 3.78. The standard InChI is InChI=1S/C8H14F3N3O/c1-14(6-2-3-12-4-6)7(15)13-5-8(9,10)11/h6,12H,2-5H2,1H3,(H,13,15). The predicted octanol–water partition coefficient (Wildman–Crippen LogP) is 0.552. The van der Waals surface area contributed by atoms with Crippen LogP contribution in [0.1, 0.15) is 6.42 Å². The second kappa shape index (κ2) is 4.69. The molecule has 2 N–H and O–H groups in total. The summed E-state index contributed by atoms with van der Waals surface area (Å²) in [6, 6.07) is -0.695. The highest BCUT2D eigenvalue weighted by molar-refractivity contribution is 5.74. The van der Waals surface area contributed by atoms with Crippen molar-refractivity contribution in [2.75, 3.05) is 26.7 Å². The van der Waals surface area contributed by atoms with Crippen molar-refractivity contribution in [2.24, 2.45) is 0 Å². The Hall–Kier alpha value is -0.980. The lowest BCUT2D eigenvalue weighted by Crippen LogP contribution is -2.46. The Morgan fingerprint density at radius 2 is 2.27 bits per heavy atom. The minimum Gasteiger partial charge on any atom is -0.329 e. The molecule has 1 heterocycles. The number of nitrogens with one attached hydrogen (secondary N) is 2. The number of carbonyl (C=O) groups is 1. The number of urea groups is 1. The van der Waals surface area contributed by atoms with Crippen molar-refractivity contribution in [1.82, 2.24) is 15.5 Å². The molecule has 0 aromatic rings. The molecule has 0 spiro atoms. The van der Waals surface area contributed by atoms with Crippen molar-refractivity contribution >= 4 is 6.03 Å². The monoisotopic (exact) mass is 225 g/mol. The van der Waals surface area contributed by atoms with Crippen LogP contribution in [0.3, 0.4) is 0 Å². The highest BCUT2D eigenvalue weighted by Gasteiger charge is 2.30. The van der Waals surface area contributed by atoms with Crippen LogP contribution in [-0.4, -0.2) is 49.8 Å². The van der Waals surface area contributed by atoms with Gasteiger partial charge in [0.2, 0.25) is 0 Å². The largest absolute Gasteiger partial charge is 0.405 e. The summed E-state index contributed by atoms with van der Waals surface area (Å²) in [4.78, 5) is 12.6. The van der Waals surface area contributed by atoms with Gasteiger partial charge in [0, 0.05) is 19.6 Å². The molecule has 0 aromatic carbocycles. The molecule has 1 fully saturated rings. The molecule has 1 saturated heterocycles. The number of halogens is 3. The maximum Gasteiger partial charge on any atom is 0.405 e. The summed E-state index contributed by atoms with van der Waals surface area (Å²) >= 11 is 0. The van der Waals surface area contributed by atoms with Gasteiger partial charge in [0.05, 0.1) is 0 Å². The Balaban J connectivity index is 2.32. The fourth-order valence-corrected chi connectivity index (χ4v) is 1.44. The summed E-state index contributed by atoms with van der Waals surface area (Å²) in [5.74, 6) is 0. The first-order chi connectivity index (χ1) is 6.90. The van der Waals surface area contributed by atoms with E-state index < -0.39 is 18.8 Å². The van der Waals surface area contributed by atoms with Crippen LogP contribution in [0.25, 0.3) is 0 Å². The zero-order valence-electron chi connectivity index (χ0n) is 8.40. The third-order valence-electron chi connectivity index (χ3n) is 2.34. The first-order valence-electron chi connectivity index (χ1n) is 4.68. The second-order valence-electron chi connectivity index (χ2n) is 3.53. The Bertz CT molecular complexity index is 226. The van der Waals surface area contributed by atoms with E-state index in [9.17, 15) is 18.0 Å². The Morgan fingerprint density at radius 3 is 2.73 bits per heavy atom. The van der Waals surface area contributed by atoms with E-state index in [-0.39, 0.29) is 6.04 Å². The number of amides is 2. The average Bonchev–Trinajstić information content (AvgIpc) is 2.64. The summed E-state index contributed by atoms with van der Waals surface area (Å²) in [5, 5.41) is 4.87. The first-order valence-corrected chi connectivity index (χ1v) is 4.68. The van der Waals surface area contributed by atoms with Gasteiger partial charge in [-0.15, -0.1) is 0 Å². The van der Waals surface area contributed by atoms with E-state index in [4.69, 9.17) is 0 Å². The van der Waals surface area contributed by atoms with Gasteiger partial charge in [-0.1, -0.05) is 0 Å². The first kappa shape index (κ1) is 12.1. The number of hydrogen-bond acceptors (Lipinski definition) is 2. The number of likely N-dealkylation sites (N-methyl/N-ethyl adjacent to an activating group) is 1. The number of rotatable bonds is 2. The zero-order chi connectivity index (χ0) is 11.5. The molecule has 1 aliphatic rings. The van der Waals surface area contributed by atoms with Crippen LogP contribution in [0, 0.1) is 0 Å². The third kappa shape index (κ3) is 3.94. The van der Waals surface area contributed by atoms with Crippen molar-refractivity contribution < 1.29 is 18.0 Å². The Morgan fingerprint density at radius 1 is 1.60 bits per heavy atom. The predicted molar refractivity (Wildman–Crippen MR) is 48.5 cm³/mol. The van der Waals surface area contributed by atoms with Gasteiger partial charge < -0.3 is 15.5 Å². The molecule has 0 radical (unpaired) electrons. The highest BCUT2D eigenvalue weighted by Crippen LogP contribution is 2.13. The van der Waals surface area contributed by atoms with Crippen molar-refractivity contribution in [1.29, 1.82) is 0 Å². The lowest BCUT2D eigenvalue weighted by atomic mass is 10.2. The summed E-state index contributed by atoms with van der Waals surface area (Å²) < 4.78 is 35.4. The molecule has 7 heteroatoms. The zero-order valence-corrected chi connectivity index (χ0v) is 8.40. The number of carbonyl (C=O) groups excluding carboxylic acids is 1. The minimum atomic E-state index is -4.36. The van der Waals surface area contributed by atoms with Gasteiger partial charge in [-0.3, -0.25) is 0 Å². The van der Waals surface area contributed by atoms with Crippen LogP contribution >= 0.6 is 0 Å². The summed E-state index contributed by atoms with van der Waals surface area (Å²) in [6.45, 7) is 0.147. The quantitative estimate of drug-likeness (QED) is 0.721. The highest BCUT2D eigenvalue weighted by atomic mass is 19.4. The van der Waals surface area contributed by atoms with Crippen LogP contribution in [-0.2, 0) is 0 Å². The lowest BCUT2D eigenvalue weighted by molar-refractivity contribution is -0.123. The topological polar surface area (TPSA) is 44.4 Å². The Labute approximate surface area is 85.8 Å². The lowest BCUT2D eigenvalue weighted by Gasteiger charge is -2.24. The fourth-order valence-electron chi connectivity index (χ4n) is 1.44. The van der Waals surface area contributed by atoms with E-state index >= 15 is 0 Å². The van der Waals surface area contributed by atoms with Crippen LogP contribution in [0.15, 0.2) is 0 Å². The summed E-state index contributed by atoms with van der Waals surface area (Å²) in [6.07, 6.45) is -3.58. The molecule has 0 aromatic heterocycles. The third-order valence-corrected chi connectivity index (χ3v) is 2.34. The van der Waals surface area contributed by atoms with Gasteiger partial charge in [-0.25, -0.2) is 4.79 Å². The molecule has 1 aliphatic heterocycles. The van der Waals surface area contributed by atoms with Gasteiger partial charge in [-0.05, 0) is 13.0 Å². The van der Waals surface area contributed by atoms with Gasteiger partial charge in [0.25, 0.3) is 0 Å². The minimum absolute atomic E-state index is 0.0155. The molecule has 0 bridgehead atoms. The number of hydrogen-bond donors (Lipinski definition) is 2. The molecule has 0 aliphatic carbocycles. The molecular weight excluding hydrogens is 211 g/mol. The van der Waals surface area contributed by atoms with E-state index in [0.29, 0.717) is 6.54 Å². The van der Waals surface area contributed by atoms with E-state index in [1.165, 1.54) is 11.9 Å². The molecule has 2 amide bonds. The molecule has 88 valence electrons. The smallest absolute Gasteiger partial charge is 0.329 e. The van der Waals surface area contributed by atoms with Crippen molar-refractivity contribution in [3.8, 4) is 0 Å². The maximum absolute atomic E-state index is 11.8. The van der Waals surface area contributed by atoms with Crippen molar-refractivity contribution in [2.45, 2.75) is 18.6 Å². The second-order valence-corrected chi connectivity index (χ2v) is 3.53. The average molecular weight is 225 g/mol. The van der Waals surface area contributed by atoms with Gasteiger partial charge in [-0.2, -0.15) is 13.2 Å². The van der Waals surface area contributed by atoms with Gasteiger partial charge in [0.15, 0.2) is 0 Å². The maximum atomic E-state index is 11.8. The molecule has 1 unspecified atom stereocenters. The van der Waals surface area contributed by atoms with Gasteiger partial charge >= 0.3 is 12.2 Å². The van der Waals surface area contributed by atoms with E-state index in [1.54, 1.807) is 0 Å². The molecule has 1 rings (SSSR count). The van der Waals surface area contributed by atoms with Crippen LogP contribution in [0.5, 0.6) is 0 Å². The van der Waals surface area contributed by atoms with E-state index in [0.717, 1.165) is 13.0 Å². The molecule has 1 atom stereocenters. The number of nitrogens with zero attached hydrogens (tertiary/aromatic N) is 1. The van der Waals surface area contributed by atoms with Crippen molar-refractivity contribution in [3.05, 3.63) is 0 Å². The number of alkyl halides is 3. The van der Waals surface area contributed by atoms with Crippen molar-refractivity contribution in [3.63, 3.8) is 0 Å². The normalized spacial score (nSPS) is 21.5. The van der Waals surface area contributed by atoms with Crippen LogP contribution < -0.4 is 10.6 Å². The van der Waals surface area contributed by atoms with Gasteiger partial charge in [0.1, 0.15) is 6.54 Å². The van der Waals surface area contributed by atoms with E-state index in [2.05, 4.69) is 5.32 Å². The summed E-state index contributed by atoms with van der Waals surface area (Å²) in [7, 11) is 1.50. The molecule has 15 heavy (non-hydrogen) atoms. The SMILES string of the molecule is CN(C(=O)NCC(F)(F)F)C1CCNC1. The van der Waals surface area contributed by atoms with E-state index in [1.807, 2.05) is 5.32 Å². The van der Waals surface area contributed by atoms with Crippen LogP contribution in [0.2, 0.25) is 0 Å². The molecule has 0 saturated carbocycles. The van der Waals surface area contributed by atoms with Crippen LogP contribution in [0.4, 0.5) is 18.0 Å². The molecule has 4 nitrogen and oxygen atoms in total. The molecular formula is C8H14F3N3O. The fraction of sp³-hybridized carbons (Fsp3) is 0.875. The summed E-state index contributed by atoms with van der Waals surface area (Å²) in [5.41, 5.74) is 0.